The highest BCUT2D eigenvalue weighted by atomic mass is 79.9. The second kappa shape index (κ2) is 8.77. The Kier molecular flexibility index (Phi) is 6.62. The summed E-state index contributed by atoms with van der Waals surface area (Å²) in [5.74, 6) is 0.716. The third kappa shape index (κ3) is 5.13. The fraction of sp³-hybridized carbons (Fsp3) is 0.389. The summed E-state index contributed by atoms with van der Waals surface area (Å²) in [4.78, 5) is 4.19. The van der Waals surface area contributed by atoms with Crippen LogP contribution in [0.25, 0.3) is 0 Å². The minimum atomic E-state index is -3.83. The van der Waals surface area contributed by atoms with E-state index < -0.39 is 10.0 Å². The van der Waals surface area contributed by atoms with Crippen LogP contribution in [-0.4, -0.2) is 26.6 Å². The average Bonchev–Trinajstić information content (AvgIpc) is 3.13. The number of rotatable bonds is 7. The molecule has 1 aliphatic carbocycles. The van der Waals surface area contributed by atoms with Gasteiger partial charge >= 0.3 is 0 Å². The van der Waals surface area contributed by atoms with Crippen molar-refractivity contribution in [3.05, 3.63) is 45.5 Å². The van der Waals surface area contributed by atoms with E-state index in [1.807, 2.05) is 0 Å². The normalized spacial score (nSPS) is 15.1. The number of nitrogens with zero attached hydrogens (tertiary/aromatic N) is 1. The Labute approximate surface area is 172 Å². The molecule has 0 amide bonds. The van der Waals surface area contributed by atoms with E-state index in [2.05, 4.69) is 25.6 Å². The first-order chi connectivity index (χ1) is 12.9. The Balaban J connectivity index is 1.74. The van der Waals surface area contributed by atoms with Gasteiger partial charge in [-0.2, -0.15) is 0 Å². The highest BCUT2D eigenvalue weighted by Crippen LogP contribution is 2.35. The lowest BCUT2D eigenvalue weighted by Crippen LogP contribution is -2.24. The molecule has 6 nitrogen and oxygen atoms in total. The Morgan fingerprint density at radius 3 is 2.74 bits per heavy atom. The third-order valence-corrected chi connectivity index (χ3v) is 6.54. The van der Waals surface area contributed by atoms with Crippen molar-refractivity contribution >= 4 is 37.6 Å². The fourth-order valence-corrected chi connectivity index (χ4v) is 5.39. The number of halogens is 2. The lowest BCUT2D eigenvalue weighted by Gasteiger charge is -2.14. The van der Waals surface area contributed by atoms with Gasteiger partial charge in [0.2, 0.25) is 15.9 Å². The van der Waals surface area contributed by atoms with Gasteiger partial charge in [-0.25, -0.2) is 18.1 Å². The maximum absolute atomic E-state index is 12.7. The van der Waals surface area contributed by atoms with Crippen molar-refractivity contribution in [2.24, 2.45) is 0 Å². The van der Waals surface area contributed by atoms with Gasteiger partial charge < -0.3 is 9.47 Å². The van der Waals surface area contributed by atoms with E-state index in [4.69, 9.17) is 21.1 Å². The predicted molar refractivity (Wildman–Crippen MR) is 107 cm³/mol. The van der Waals surface area contributed by atoms with E-state index >= 15 is 0 Å². The standard InChI is InChI=1S/C18H20BrClN2O4S/c1-25-18-15(19)9-13(20)10-16(18)27(23,24)22-11-12-6-7-21-17(8-12)26-14-4-2-3-5-14/h6-10,14,22H,2-5,11H2,1H3. The molecule has 1 aromatic heterocycles. The lowest BCUT2D eigenvalue weighted by molar-refractivity contribution is 0.201. The third-order valence-electron chi connectivity index (χ3n) is 4.32. The Morgan fingerprint density at radius 1 is 1.30 bits per heavy atom. The molecule has 0 atom stereocenters. The number of hydrogen-bond acceptors (Lipinski definition) is 5. The lowest BCUT2D eigenvalue weighted by atomic mass is 10.2. The van der Waals surface area contributed by atoms with Crippen LogP contribution in [0, 0.1) is 0 Å². The Morgan fingerprint density at radius 2 is 2.04 bits per heavy atom. The zero-order valence-corrected chi connectivity index (χ0v) is 17.9. The molecular formula is C18H20BrClN2O4S. The van der Waals surface area contributed by atoms with Crippen molar-refractivity contribution in [3.63, 3.8) is 0 Å². The highest BCUT2D eigenvalue weighted by Gasteiger charge is 2.23. The van der Waals surface area contributed by atoms with E-state index in [9.17, 15) is 8.42 Å². The summed E-state index contributed by atoms with van der Waals surface area (Å²) in [6.07, 6.45) is 6.20. The van der Waals surface area contributed by atoms with Crippen LogP contribution in [0.4, 0.5) is 0 Å². The zero-order chi connectivity index (χ0) is 19.4. The Bertz CT molecular complexity index is 918. The molecule has 0 unspecified atom stereocenters. The smallest absolute Gasteiger partial charge is 0.244 e. The second-order valence-electron chi connectivity index (χ2n) is 6.27. The topological polar surface area (TPSA) is 77.5 Å². The van der Waals surface area contributed by atoms with Gasteiger partial charge in [-0.15, -0.1) is 0 Å². The van der Waals surface area contributed by atoms with Gasteiger partial charge in [0.15, 0.2) is 5.75 Å². The van der Waals surface area contributed by atoms with Gasteiger partial charge in [-0.1, -0.05) is 11.6 Å². The minimum absolute atomic E-state index is 0.0270. The van der Waals surface area contributed by atoms with Crippen LogP contribution >= 0.6 is 27.5 Å². The SMILES string of the molecule is COc1c(Br)cc(Cl)cc1S(=O)(=O)NCc1ccnc(OC2CCCC2)c1. The molecule has 0 saturated heterocycles. The molecule has 1 fully saturated rings. The molecule has 27 heavy (non-hydrogen) atoms. The summed E-state index contributed by atoms with van der Waals surface area (Å²) in [6, 6.07) is 6.44. The number of pyridine rings is 1. The van der Waals surface area contributed by atoms with Crippen LogP contribution in [-0.2, 0) is 16.6 Å². The monoisotopic (exact) mass is 474 g/mol. The van der Waals surface area contributed by atoms with Crippen molar-refractivity contribution in [2.45, 2.75) is 43.2 Å². The Hall–Kier alpha value is -1.35. The van der Waals surface area contributed by atoms with E-state index in [1.165, 1.54) is 26.0 Å². The van der Waals surface area contributed by atoms with E-state index in [0.717, 1.165) is 18.4 Å². The van der Waals surface area contributed by atoms with Crippen molar-refractivity contribution in [2.75, 3.05) is 7.11 Å². The number of aromatic nitrogens is 1. The van der Waals surface area contributed by atoms with Gasteiger partial charge in [0.25, 0.3) is 0 Å². The molecule has 1 aromatic carbocycles. The molecule has 1 N–H and O–H groups in total. The summed E-state index contributed by atoms with van der Waals surface area (Å²) in [5.41, 5.74) is 0.752. The number of methoxy groups -OCH3 is 1. The van der Waals surface area contributed by atoms with Gasteiger partial charge in [-0.3, -0.25) is 0 Å². The van der Waals surface area contributed by atoms with E-state index in [0.29, 0.717) is 15.4 Å². The number of hydrogen-bond donors (Lipinski definition) is 1. The van der Waals surface area contributed by atoms with Crippen LogP contribution < -0.4 is 14.2 Å². The molecule has 2 aromatic rings. The van der Waals surface area contributed by atoms with Crippen molar-refractivity contribution in [1.29, 1.82) is 0 Å². The summed E-state index contributed by atoms with van der Waals surface area (Å²) in [7, 11) is -2.43. The summed E-state index contributed by atoms with van der Waals surface area (Å²) < 4.78 is 39.6. The molecule has 1 aliphatic rings. The number of benzene rings is 1. The molecule has 9 heteroatoms. The second-order valence-corrected chi connectivity index (χ2v) is 9.30. The van der Waals surface area contributed by atoms with Crippen molar-refractivity contribution in [1.82, 2.24) is 9.71 Å². The van der Waals surface area contributed by atoms with Gasteiger partial charge in [-0.05, 0) is 65.4 Å². The van der Waals surface area contributed by atoms with Gasteiger partial charge in [0, 0.05) is 23.8 Å². The van der Waals surface area contributed by atoms with Crippen molar-refractivity contribution in [3.8, 4) is 11.6 Å². The van der Waals surface area contributed by atoms with Gasteiger partial charge in [0.1, 0.15) is 11.0 Å². The molecule has 146 valence electrons. The molecule has 0 aliphatic heterocycles. The molecular weight excluding hydrogens is 456 g/mol. The number of ether oxygens (including phenoxy) is 2. The first-order valence-corrected chi connectivity index (χ1v) is 11.2. The summed E-state index contributed by atoms with van der Waals surface area (Å²) in [5, 5.41) is 0.291. The predicted octanol–water partition coefficient (Wildman–Crippen LogP) is 4.31. The minimum Gasteiger partial charge on any atom is -0.494 e. The molecule has 3 rings (SSSR count). The first-order valence-electron chi connectivity index (χ1n) is 8.53. The largest absolute Gasteiger partial charge is 0.494 e. The maximum Gasteiger partial charge on any atom is 0.244 e. The maximum atomic E-state index is 12.7. The number of sulfonamides is 1. The highest BCUT2D eigenvalue weighted by molar-refractivity contribution is 9.10. The summed E-state index contributed by atoms with van der Waals surface area (Å²) in [6.45, 7) is 0.0964. The van der Waals surface area contributed by atoms with Gasteiger partial charge in [0.05, 0.1) is 11.6 Å². The average molecular weight is 476 g/mol. The quantitative estimate of drug-likeness (QED) is 0.646. The molecule has 0 bridgehead atoms. The number of nitrogens with one attached hydrogen (secondary N) is 1. The van der Waals surface area contributed by atoms with Crippen LogP contribution in [0.1, 0.15) is 31.2 Å². The summed E-state index contributed by atoms with van der Waals surface area (Å²) >= 11 is 9.27. The van der Waals surface area contributed by atoms with Crippen LogP contribution in [0.15, 0.2) is 39.8 Å². The van der Waals surface area contributed by atoms with Crippen LogP contribution in [0.5, 0.6) is 11.6 Å². The van der Waals surface area contributed by atoms with Crippen molar-refractivity contribution < 1.29 is 17.9 Å². The van der Waals surface area contributed by atoms with E-state index in [1.54, 1.807) is 24.4 Å². The molecule has 0 radical (unpaired) electrons. The molecule has 1 saturated carbocycles. The first kappa shape index (κ1) is 20.4. The fourth-order valence-electron chi connectivity index (χ4n) is 2.99. The molecule has 1 heterocycles. The zero-order valence-electron chi connectivity index (χ0n) is 14.7. The van der Waals surface area contributed by atoms with Crippen LogP contribution in [0.3, 0.4) is 0 Å². The van der Waals surface area contributed by atoms with E-state index in [-0.39, 0.29) is 23.3 Å². The molecule has 0 spiro atoms. The van der Waals surface area contributed by atoms with Crippen LogP contribution in [0.2, 0.25) is 5.02 Å².